The van der Waals surface area contributed by atoms with E-state index in [1.54, 1.807) is 12.1 Å². The highest BCUT2D eigenvalue weighted by Crippen LogP contribution is 2.27. The van der Waals surface area contributed by atoms with Gasteiger partial charge in [0, 0.05) is 12.8 Å². The second-order valence-corrected chi connectivity index (χ2v) is 8.61. The Hall–Kier alpha value is -2.95. The molecule has 0 bridgehead atoms. The summed E-state index contributed by atoms with van der Waals surface area (Å²) in [7, 11) is 0. The van der Waals surface area contributed by atoms with Crippen LogP contribution in [0.4, 0.5) is 0 Å². The molecule has 1 aromatic heterocycles. The molecule has 1 aliphatic rings. The van der Waals surface area contributed by atoms with Crippen molar-refractivity contribution in [2.75, 3.05) is 0 Å². The molecule has 1 saturated carbocycles. The molecule has 31 heavy (non-hydrogen) atoms. The molecular weight excluding hydrogens is 386 g/mol. The highest BCUT2D eigenvalue weighted by atomic mass is 16.4. The third-order valence-electron chi connectivity index (χ3n) is 6.22. The second kappa shape index (κ2) is 9.90. The average molecular weight is 418 g/mol. The molecule has 1 heterocycles. The van der Waals surface area contributed by atoms with Crippen LogP contribution in [-0.4, -0.2) is 25.8 Å². The number of benzene rings is 2. The number of hydrogen-bond acceptors (Lipinski definition) is 3. The van der Waals surface area contributed by atoms with E-state index in [1.807, 2.05) is 24.3 Å². The van der Waals surface area contributed by atoms with Crippen LogP contribution < -0.4 is 0 Å². The molecule has 0 spiro atoms. The van der Waals surface area contributed by atoms with Gasteiger partial charge in [0.05, 0.1) is 12.1 Å². The third kappa shape index (κ3) is 5.22. The minimum absolute atomic E-state index is 0.323. The zero-order chi connectivity index (χ0) is 21.6. The van der Waals surface area contributed by atoms with Crippen LogP contribution in [-0.2, 0) is 19.4 Å². The van der Waals surface area contributed by atoms with Gasteiger partial charge in [-0.15, -0.1) is 0 Å². The van der Waals surface area contributed by atoms with Crippen molar-refractivity contribution in [2.24, 2.45) is 5.92 Å². The summed E-state index contributed by atoms with van der Waals surface area (Å²) in [5.41, 5.74) is 3.11. The van der Waals surface area contributed by atoms with E-state index in [2.05, 4.69) is 23.7 Å². The molecule has 1 N–H and O–H groups in total. The lowest BCUT2D eigenvalue weighted by atomic mass is 9.87. The third-order valence-corrected chi connectivity index (χ3v) is 6.22. The fourth-order valence-corrected chi connectivity index (χ4v) is 4.58. The standard InChI is InChI=1S/C26H31N3O2/c1-2-8-25-27-24(17-19-9-4-3-5-10-19)28-29(25)18-20-13-15-21(16-14-20)22-11-6-7-12-23(22)26(30)31/h6-7,11-16,19H,2-5,8-10,17-18H2,1H3,(H,30,31). The second-order valence-electron chi connectivity index (χ2n) is 8.61. The summed E-state index contributed by atoms with van der Waals surface area (Å²) in [5, 5.41) is 14.3. The van der Waals surface area contributed by atoms with Gasteiger partial charge in [0.25, 0.3) is 0 Å². The topological polar surface area (TPSA) is 68.0 Å². The number of aryl methyl sites for hydroxylation is 1. The normalized spacial score (nSPS) is 14.6. The van der Waals surface area contributed by atoms with Gasteiger partial charge >= 0.3 is 5.97 Å². The van der Waals surface area contributed by atoms with Gasteiger partial charge in [-0.1, -0.05) is 81.5 Å². The quantitative estimate of drug-likeness (QED) is 0.505. The van der Waals surface area contributed by atoms with Crippen molar-refractivity contribution in [1.82, 2.24) is 14.8 Å². The van der Waals surface area contributed by atoms with Gasteiger partial charge in [-0.2, -0.15) is 5.10 Å². The first-order chi connectivity index (χ1) is 15.1. The Morgan fingerprint density at radius 3 is 2.52 bits per heavy atom. The molecule has 0 saturated heterocycles. The van der Waals surface area contributed by atoms with E-state index in [4.69, 9.17) is 10.1 Å². The summed E-state index contributed by atoms with van der Waals surface area (Å²) in [6, 6.07) is 15.2. The van der Waals surface area contributed by atoms with E-state index >= 15 is 0 Å². The van der Waals surface area contributed by atoms with Crippen molar-refractivity contribution >= 4 is 5.97 Å². The lowest BCUT2D eigenvalue weighted by Gasteiger charge is -2.19. The lowest BCUT2D eigenvalue weighted by Crippen LogP contribution is -2.11. The van der Waals surface area contributed by atoms with Crippen LogP contribution in [0.2, 0.25) is 0 Å². The number of hydrogen-bond donors (Lipinski definition) is 1. The zero-order valence-corrected chi connectivity index (χ0v) is 18.3. The summed E-state index contributed by atoms with van der Waals surface area (Å²) < 4.78 is 2.06. The number of carboxylic acids is 1. The maximum atomic E-state index is 11.5. The van der Waals surface area contributed by atoms with E-state index < -0.39 is 5.97 Å². The Labute approximate surface area is 184 Å². The molecule has 0 atom stereocenters. The maximum absolute atomic E-state index is 11.5. The van der Waals surface area contributed by atoms with Crippen LogP contribution in [0.5, 0.6) is 0 Å². The van der Waals surface area contributed by atoms with E-state index in [-0.39, 0.29) is 0 Å². The fraction of sp³-hybridized carbons (Fsp3) is 0.423. The zero-order valence-electron chi connectivity index (χ0n) is 18.3. The lowest BCUT2D eigenvalue weighted by molar-refractivity contribution is 0.0697. The number of rotatable bonds is 8. The minimum atomic E-state index is -0.906. The largest absolute Gasteiger partial charge is 0.478 e. The molecule has 5 nitrogen and oxygen atoms in total. The first-order valence-electron chi connectivity index (χ1n) is 11.5. The molecular formula is C26H31N3O2. The van der Waals surface area contributed by atoms with Gasteiger partial charge < -0.3 is 5.11 Å². The number of carbonyl (C=O) groups is 1. The molecule has 2 aromatic carbocycles. The Bertz CT molecular complexity index is 1020. The summed E-state index contributed by atoms with van der Waals surface area (Å²) in [5.74, 6) is 1.88. The van der Waals surface area contributed by atoms with Crippen LogP contribution in [0.3, 0.4) is 0 Å². The van der Waals surface area contributed by atoms with Crippen LogP contribution in [0.15, 0.2) is 48.5 Å². The highest BCUT2D eigenvalue weighted by molar-refractivity contribution is 5.95. The van der Waals surface area contributed by atoms with Crippen molar-refractivity contribution in [1.29, 1.82) is 0 Å². The molecule has 162 valence electrons. The van der Waals surface area contributed by atoms with E-state index in [1.165, 1.54) is 32.1 Å². The number of nitrogens with zero attached hydrogens (tertiary/aromatic N) is 3. The van der Waals surface area contributed by atoms with Crippen molar-refractivity contribution in [3.8, 4) is 11.1 Å². The smallest absolute Gasteiger partial charge is 0.336 e. The SMILES string of the molecule is CCCc1nc(CC2CCCCC2)nn1Cc1ccc(-c2ccccc2C(=O)O)cc1. The minimum Gasteiger partial charge on any atom is -0.478 e. The van der Waals surface area contributed by atoms with Crippen LogP contribution in [0.1, 0.15) is 73.0 Å². The van der Waals surface area contributed by atoms with Crippen molar-refractivity contribution < 1.29 is 9.90 Å². The van der Waals surface area contributed by atoms with E-state index in [0.29, 0.717) is 12.1 Å². The number of aromatic nitrogens is 3. The highest BCUT2D eigenvalue weighted by Gasteiger charge is 2.18. The Kier molecular flexibility index (Phi) is 6.80. The van der Waals surface area contributed by atoms with Gasteiger partial charge in [0.2, 0.25) is 0 Å². The Morgan fingerprint density at radius 2 is 1.81 bits per heavy atom. The molecule has 3 aromatic rings. The molecule has 0 aliphatic heterocycles. The van der Waals surface area contributed by atoms with Crippen molar-refractivity contribution in [2.45, 2.75) is 64.8 Å². The number of aromatic carboxylic acids is 1. The molecule has 0 amide bonds. The van der Waals surface area contributed by atoms with Crippen LogP contribution in [0.25, 0.3) is 11.1 Å². The predicted octanol–water partition coefficient (Wildman–Crippen LogP) is 5.77. The first kappa shape index (κ1) is 21.3. The Morgan fingerprint density at radius 1 is 1.06 bits per heavy atom. The Balaban J connectivity index is 1.51. The maximum Gasteiger partial charge on any atom is 0.336 e. The van der Waals surface area contributed by atoms with Crippen molar-refractivity contribution in [3.05, 3.63) is 71.3 Å². The molecule has 5 heteroatoms. The summed E-state index contributed by atoms with van der Waals surface area (Å²) in [6.07, 6.45) is 9.62. The van der Waals surface area contributed by atoms with Gasteiger partial charge in [-0.05, 0) is 35.1 Å². The summed E-state index contributed by atoms with van der Waals surface area (Å²) >= 11 is 0. The first-order valence-corrected chi connectivity index (χ1v) is 11.5. The fourth-order valence-electron chi connectivity index (χ4n) is 4.58. The molecule has 0 radical (unpaired) electrons. The van der Waals surface area contributed by atoms with Crippen LogP contribution in [0, 0.1) is 5.92 Å². The number of carboxylic acid groups (broad SMARTS) is 1. The van der Waals surface area contributed by atoms with Crippen LogP contribution >= 0.6 is 0 Å². The molecule has 0 unspecified atom stereocenters. The van der Waals surface area contributed by atoms with E-state index in [9.17, 15) is 9.90 Å². The van der Waals surface area contributed by atoms with Gasteiger partial charge in [-0.25, -0.2) is 14.5 Å². The summed E-state index contributed by atoms with van der Waals surface area (Å²) in [6.45, 7) is 2.86. The summed E-state index contributed by atoms with van der Waals surface area (Å²) in [4.78, 5) is 16.4. The van der Waals surface area contributed by atoms with E-state index in [0.717, 1.165) is 53.5 Å². The van der Waals surface area contributed by atoms with Crippen molar-refractivity contribution in [3.63, 3.8) is 0 Å². The van der Waals surface area contributed by atoms with Gasteiger partial charge in [0.15, 0.2) is 5.82 Å². The molecule has 1 fully saturated rings. The monoisotopic (exact) mass is 417 g/mol. The van der Waals surface area contributed by atoms with Gasteiger partial charge in [-0.3, -0.25) is 0 Å². The molecule has 1 aliphatic carbocycles. The predicted molar refractivity (Wildman–Crippen MR) is 122 cm³/mol. The average Bonchev–Trinajstić information content (AvgIpc) is 3.16. The van der Waals surface area contributed by atoms with Gasteiger partial charge in [0.1, 0.15) is 5.82 Å². The molecule has 4 rings (SSSR count).